The molecular weight excluding hydrogens is 418 g/mol. The van der Waals surface area contributed by atoms with Gasteiger partial charge in [-0.2, -0.15) is 0 Å². The summed E-state index contributed by atoms with van der Waals surface area (Å²) in [5, 5.41) is 4.04. The zero-order valence-corrected chi connectivity index (χ0v) is 18.9. The second-order valence-electron chi connectivity index (χ2n) is 8.62. The Bertz CT molecular complexity index is 1210. The zero-order chi connectivity index (χ0) is 23.4. The minimum absolute atomic E-state index is 0.0495. The van der Waals surface area contributed by atoms with Crippen molar-refractivity contribution in [2.75, 3.05) is 44.8 Å². The average Bonchev–Trinajstić information content (AvgIpc) is 2.75. The molecule has 4 heterocycles. The minimum atomic E-state index is -0.0517. The Morgan fingerprint density at radius 1 is 1.18 bits per heavy atom. The molecule has 3 N–H and O–H groups in total. The van der Waals surface area contributed by atoms with Crippen LogP contribution in [-0.2, 0) is 11.3 Å². The van der Waals surface area contributed by atoms with Crippen LogP contribution in [0, 0.1) is 5.92 Å². The number of hydrogen-bond acceptors (Lipinski definition) is 7. The lowest BCUT2D eigenvalue weighted by molar-refractivity contribution is -0.132. The summed E-state index contributed by atoms with van der Waals surface area (Å²) in [5.41, 5.74) is 7.04. The number of nitrogen functional groups attached to an aromatic ring is 1. The van der Waals surface area contributed by atoms with Gasteiger partial charge in [0.25, 0.3) is 5.56 Å². The third-order valence-corrected chi connectivity index (χ3v) is 5.68. The van der Waals surface area contributed by atoms with Gasteiger partial charge in [0.1, 0.15) is 11.6 Å². The van der Waals surface area contributed by atoms with Crippen molar-refractivity contribution in [3.05, 3.63) is 65.2 Å². The van der Waals surface area contributed by atoms with Crippen LogP contribution < -0.4 is 16.6 Å². The van der Waals surface area contributed by atoms with Crippen LogP contribution in [0.25, 0.3) is 10.9 Å². The Balaban J connectivity index is 1.41. The highest BCUT2D eigenvalue weighted by molar-refractivity contribution is 5.88. The lowest BCUT2D eigenvalue weighted by Crippen LogP contribution is -2.49. The summed E-state index contributed by atoms with van der Waals surface area (Å²) in [6.07, 6.45) is 7.67. The maximum atomic E-state index is 12.6. The standard InChI is InChI=1S/C24H29N7O2/c1-29(2)10-3-4-23(32)30-15-17(16-30)9-11-31-20-12-22(26-13-18(20)5-8-24(31)33)28-21-7-6-19(25)14-27-21/h3-8,12-14,17H,9-11,15-16,25H2,1-2H3,(H,26,27,28)/b4-3+. The first-order valence-corrected chi connectivity index (χ1v) is 11.0. The molecule has 9 heteroatoms. The first-order chi connectivity index (χ1) is 15.9. The van der Waals surface area contributed by atoms with Crippen molar-refractivity contribution in [3.63, 3.8) is 0 Å². The molecule has 9 nitrogen and oxygen atoms in total. The van der Waals surface area contributed by atoms with E-state index >= 15 is 0 Å². The van der Waals surface area contributed by atoms with Gasteiger partial charge in [-0.1, -0.05) is 6.08 Å². The smallest absolute Gasteiger partial charge is 0.251 e. The van der Waals surface area contributed by atoms with Gasteiger partial charge in [0.15, 0.2) is 0 Å². The summed E-state index contributed by atoms with van der Waals surface area (Å²) in [6.45, 7) is 2.78. The van der Waals surface area contributed by atoms with Crippen LogP contribution >= 0.6 is 0 Å². The van der Waals surface area contributed by atoms with Crippen LogP contribution in [0.1, 0.15) is 6.42 Å². The minimum Gasteiger partial charge on any atom is -0.397 e. The Hall–Kier alpha value is -3.72. The number of fused-ring (bicyclic) bond motifs is 1. The maximum Gasteiger partial charge on any atom is 0.251 e. The Morgan fingerprint density at radius 3 is 2.70 bits per heavy atom. The largest absolute Gasteiger partial charge is 0.397 e. The molecule has 0 bridgehead atoms. The van der Waals surface area contributed by atoms with E-state index in [0.717, 1.165) is 37.0 Å². The Kier molecular flexibility index (Phi) is 6.69. The van der Waals surface area contributed by atoms with Gasteiger partial charge in [-0.25, -0.2) is 9.97 Å². The summed E-state index contributed by atoms with van der Waals surface area (Å²) < 4.78 is 1.78. The van der Waals surface area contributed by atoms with E-state index in [1.54, 1.807) is 47.3 Å². The van der Waals surface area contributed by atoms with Crippen molar-refractivity contribution < 1.29 is 4.79 Å². The maximum absolute atomic E-state index is 12.6. The van der Waals surface area contributed by atoms with E-state index in [4.69, 9.17) is 5.73 Å². The number of likely N-dealkylation sites (tertiary alicyclic amines) is 1. The third kappa shape index (κ3) is 5.56. The van der Waals surface area contributed by atoms with E-state index in [2.05, 4.69) is 15.3 Å². The predicted molar refractivity (Wildman–Crippen MR) is 130 cm³/mol. The lowest BCUT2D eigenvalue weighted by atomic mass is 9.96. The van der Waals surface area contributed by atoms with Crippen LogP contribution in [-0.4, -0.2) is 64.0 Å². The molecule has 0 aromatic carbocycles. The molecule has 0 spiro atoms. The first-order valence-electron chi connectivity index (χ1n) is 11.0. The topological polar surface area (TPSA) is 109 Å². The molecule has 33 heavy (non-hydrogen) atoms. The van der Waals surface area contributed by atoms with E-state index < -0.39 is 0 Å². The highest BCUT2D eigenvalue weighted by Crippen LogP contribution is 2.22. The number of aryl methyl sites for hydroxylation is 1. The van der Waals surface area contributed by atoms with Crippen LogP contribution in [0.3, 0.4) is 0 Å². The first kappa shape index (κ1) is 22.5. The van der Waals surface area contributed by atoms with Gasteiger partial charge in [0.2, 0.25) is 5.91 Å². The van der Waals surface area contributed by atoms with E-state index in [1.165, 1.54) is 0 Å². The van der Waals surface area contributed by atoms with Gasteiger partial charge in [-0.3, -0.25) is 9.59 Å². The molecule has 1 amide bonds. The Labute approximate surface area is 192 Å². The van der Waals surface area contributed by atoms with Crippen LogP contribution in [0.5, 0.6) is 0 Å². The number of pyridine rings is 3. The average molecular weight is 448 g/mol. The molecule has 0 unspecified atom stereocenters. The number of nitrogens with one attached hydrogen (secondary N) is 1. The normalized spacial score (nSPS) is 14.2. The highest BCUT2D eigenvalue weighted by atomic mass is 16.2. The number of likely N-dealkylation sites (N-methyl/N-ethyl adjacent to an activating group) is 1. The predicted octanol–water partition coefficient (Wildman–Crippen LogP) is 2.08. The van der Waals surface area contributed by atoms with Gasteiger partial charge in [0, 0.05) is 56.0 Å². The number of hydrogen-bond donors (Lipinski definition) is 2. The number of anilines is 3. The van der Waals surface area contributed by atoms with Crippen LogP contribution in [0.2, 0.25) is 0 Å². The molecule has 1 fully saturated rings. The summed E-state index contributed by atoms with van der Waals surface area (Å²) in [6, 6.07) is 8.76. The number of nitrogens with two attached hydrogens (primary N) is 1. The molecule has 0 aliphatic carbocycles. The number of nitrogens with zero attached hydrogens (tertiary/aromatic N) is 5. The van der Waals surface area contributed by atoms with Crippen molar-refractivity contribution in [2.24, 2.45) is 5.92 Å². The molecule has 3 aromatic heterocycles. The van der Waals surface area contributed by atoms with Crippen molar-refractivity contribution >= 4 is 34.1 Å². The van der Waals surface area contributed by atoms with Crippen molar-refractivity contribution in [2.45, 2.75) is 13.0 Å². The lowest BCUT2D eigenvalue weighted by Gasteiger charge is -2.39. The number of carbonyl (C=O) groups excluding carboxylic acids is 1. The molecule has 172 valence electrons. The van der Waals surface area contributed by atoms with E-state index in [9.17, 15) is 9.59 Å². The fourth-order valence-electron chi connectivity index (χ4n) is 3.81. The monoisotopic (exact) mass is 447 g/mol. The summed E-state index contributed by atoms with van der Waals surface area (Å²) in [4.78, 5) is 37.3. The Morgan fingerprint density at radius 2 is 1.97 bits per heavy atom. The molecule has 0 radical (unpaired) electrons. The number of carbonyl (C=O) groups is 1. The summed E-state index contributed by atoms with van der Waals surface area (Å²) >= 11 is 0. The van der Waals surface area contributed by atoms with Gasteiger partial charge >= 0.3 is 0 Å². The number of amides is 1. The van der Waals surface area contributed by atoms with Crippen molar-refractivity contribution in [1.29, 1.82) is 0 Å². The molecule has 4 rings (SSSR count). The molecular formula is C24H29N7O2. The molecule has 3 aromatic rings. The van der Waals surface area contributed by atoms with Gasteiger partial charge < -0.3 is 25.4 Å². The van der Waals surface area contributed by atoms with E-state index in [1.807, 2.05) is 36.0 Å². The highest BCUT2D eigenvalue weighted by Gasteiger charge is 2.29. The van der Waals surface area contributed by atoms with E-state index in [-0.39, 0.29) is 11.5 Å². The third-order valence-electron chi connectivity index (χ3n) is 5.68. The van der Waals surface area contributed by atoms with Gasteiger partial charge in [-0.15, -0.1) is 0 Å². The fraction of sp³-hybridized carbons (Fsp3) is 0.333. The van der Waals surface area contributed by atoms with Gasteiger partial charge in [-0.05, 0) is 44.6 Å². The molecule has 1 aliphatic rings. The van der Waals surface area contributed by atoms with E-state index in [0.29, 0.717) is 29.8 Å². The summed E-state index contributed by atoms with van der Waals surface area (Å²) in [7, 11) is 3.93. The van der Waals surface area contributed by atoms with Crippen molar-refractivity contribution in [3.8, 4) is 0 Å². The second-order valence-corrected chi connectivity index (χ2v) is 8.62. The second kappa shape index (κ2) is 9.83. The molecule has 0 atom stereocenters. The quantitative estimate of drug-likeness (QED) is 0.509. The van der Waals surface area contributed by atoms with Crippen LogP contribution in [0.15, 0.2) is 59.7 Å². The SMILES string of the molecule is CN(C)C/C=C/C(=O)N1CC(CCn2c(=O)ccc3cnc(Nc4ccc(N)cn4)cc32)C1. The summed E-state index contributed by atoms with van der Waals surface area (Å²) in [5.74, 6) is 1.66. The van der Waals surface area contributed by atoms with Crippen molar-refractivity contribution in [1.82, 2.24) is 24.3 Å². The fourth-order valence-corrected chi connectivity index (χ4v) is 3.81. The number of aromatic nitrogens is 3. The van der Waals surface area contributed by atoms with Crippen LogP contribution in [0.4, 0.5) is 17.3 Å². The number of rotatable bonds is 8. The molecule has 1 aliphatic heterocycles. The van der Waals surface area contributed by atoms with Gasteiger partial charge in [0.05, 0.1) is 17.4 Å². The molecule has 0 saturated carbocycles. The zero-order valence-electron chi connectivity index (χ0n) is 18.9. The molecule has 1 saturated heterocycles.